The normalized spacial score (nSPS) is 19.4. The van der Waals surface area contributed by atoms with Crippen molar-refractivity contribution < 1.29 is 0 Å². The van der Waals surface area contributed by atoms with Crippen molar-refractivity contribution in [3.63, 3.8) is 0 Å². The third-order valence-corrected chi connectivity index (χ3v) is 4.89. The lowest BCUT2D eigenvalue weighted by molar-refractivity contribution is 0.105. The van der Waals surface area contributed by atoms with Gasteiger partial charge in [-0.3, -0.25) is 11.3 Å². The van der Waals surface area contributed by atoms with E-state index in [9.17, 15) is 0 Å². The van der Waals surface area contributed by atoms with E-state index in [4.69, 9.17) is 5.84 Å². The molecule has 1 atom stereocenters. The number of rotatable bonds is 6. The van der Waals surface area contributed by atoms with Crippen molar-refractivity contribution in [2.45, 2.75) is 57.0 Å². The first-order chi connectivity index (χ1) is 9.64. The molecule has 3 N–H and O–H groups in total. The van der Waals surface area contributed by atoms with E-state index in [0.717, 1.165) is 6.42 Å². The van der Waals surface area contributed by atoms with Gasteiger partial charge in [-0.1, -0.05) is 50.5 Å². The molecule has 112 valence electrons. The Hall–Kier alpha value is -0.900. The van der Waals surface area contributed by atoms with Gasteiger partial charge in [-0.05, 0) is 44.5 Å². The van der Waals surface area contributed by atoms with Crippen LogP contribution in [0.2, 0.25) is 0 Å². The zero-order valence-electron chi connectivity index (χ0n) is 13.2. The predicted octanol–water partition coefficient (Wildman–Crippen LogP) is 3.02. The summed E-state index contributed by atoms with van der Waals surface area (Å²) in [6.45, 7) is 2.23. The Morgan fingerprint density at radius 2 is 2.00 bits per heavy atom. The van der Waals surface area contributed by atoms with Crippen LogP contribution >= 0.6 is 0 Å². The van der Waals surface area contributed by atoms with Gasteiger partial charge in [0.2, 0.25) is 0 Å². The Morgan fingerprint density at radius 1 is 1.30 bits per heavy atom. The van der Waals surface area contributed by atoms with Crippen LogP contribution in [-0.4, -0.2) is 24.5 Å². The molecule has 0 bridgehead atoms. The lowest BCUT2D eigenvalue weighted by Gasteiger charge is -2.43. The molecule has 1 fully saturated rings. The molecule has 0 aromatic heterocycles. The van der Waals surface area contributed by atoms with Crippen molar-refractivity contribution in [2.75, 3.05) is 14.1 Å². The monoisotopic (exact) mass is 275 g/mol. The molecule has 0 spiro atoms. The smallest absolute Gasteiger partial charge is 0.0643 e. The van der Waals surface area contributed by atoms with Crippen LogP contribution in [0.4, 0.5) is 0 Å². The highest BCUT2D eigenvalue weighted by atomic mass is 15.3. The number of benzene rings is 1. The van der Waals surface area contributed by atoms with Gasteiger partial charge < -0.3 is 4.90 Å². The van der Waals surface area contributed by atoms with Crippen molar-refractivity contribution in [1.29, 1.82) is 0 Å². The van der Waals surface area contributed by atoms with Crippen LogP contribution in [0.15, 0.2) is 24.3 Å². The van der Waals surface area contributed by atoms with Gasteiger partial charge in [-0.15, -0.1) is 0 Å². The van der Waals surface area contributed by atoms with Gasteiger partial charge in [0.1, 0.15) is 0 Å². The molecule has 1 unspecified atom stereocenters. The molecule has 2 rings (SSSR count). The molecule has 1 saturated carbocycles. The SMILES string of the molecule is CCCc1cccc(C(NN)C2(N(C)C)CCCC2)c1. The maximum Gasteiger partial charge on any atom is 0.0643 e. The molecule has 0 amide bonds. The van der Waals surface area contributed by atoms with Crippen molar-refractivity contribution >= 4 is 0 Å². The first-order valence-electron chi connectivity index (χ1n) is 7.86. The summed E-state index contributed by atoms with van der Waals surface area (Å²) >= 11 is 0. The highest BCUT2D eigenvalue weighted by molar-refractivity contribution is 5.29. The number of hydrazine groups is 1. The van der Waals surface area contributed by atoms with Gasteiger partial charge >= 0.3 is 0 Å². The Labute approximate surface area is 123 Å². The Kier molecular flexibility index (Phi) is 5.19. The van der Waals surface area contributed by atoms with Crippen molar-refractivity contribution in [3.8, 4) is 0 Å². The molecular weight excluding hydrogens is 246 g/mol. The first kappa shape index (κ1) is 15.5. The summed E-state index contributed by atoms with van der Waals surface area (Å²) in [7, 11) is 4.37. The molecule has 1 aromatic carbocycles. The topological polar surface area (TPSA) is 41.3 Å². The fourth-order valence-corrected chi connectivity index (χ4v) is 3.76. The van der Waals surface area contributed by atoms with Gasteiger partial charge in [-0.2, -0.15) is 0 Å². The molecule has 1 aromatic rings. The number of hydrogen-bond acceptors (Lipinski definition) is 3. The molecule has 0 aliphatic heterocycles. The molecule has 1 aliphatic rings. The highest BCUT2D eigenvalue weighted by Gasteiger charge is 2.43. The quantitative estimate of drug-likeness (QED) is 0.619. The van der Waals surface area contributed by atoms with Gasteiger partial charge in [0.15, 0.2) is 0 Å². The van der Waals surface area contributed by atoms with Crippen molar-refractivity contribution in [3.05, 3.63) is 35.4 Å². The molecule has 3 nitrogen and oxygen atoms in total. The van der Waals surface area contributed by atoms with Crippen molar-refractivity contribution in [2.24, 2.45) is 5.84 Å². The number of hydrogen-bond donors (Lipinski definition) is 2. The van der Waals surface area contributed by atoms with Gasteiger partial charge in [0.05, 0.1) is 6.04 Å². The third-order valence-electron chi connectivity index (χ3n) is 4.89. The molecule has 0 heterocycles. The van der Waals surface area contributed by atoms with E-state index in [1.807, 2.05) is 0 Å². The second-order valence-corrected chi connectivity index (χ2v) is 6.30. The van der Waals surface area contributed by atoms with E-state index < -0.39 is 0 Å². The molecule has 0 radical (unpaired) electrons. The predicted molar refractivity (Wildman–Crippen MR) is 85.4 cm³/mol. The third kappa shape index (κ3) is 2.90. The summed E-state index contributed by atoms with van der Waals surface area (Å²) in [4.78, 5) is 2.37. The van der Waals surface area contributed by atoms with Gasteiger partial charge in [-0.25, -0.2) is 0 Å². The molecule has 0 saturated heterocycles. The Morgan fingerprint density at radius 3 is 2.55 bits per heavy atom. The highest BCUT2D eigenvalue weighted by Crippen LogP contribution is 2.43. The summed E-state index contributed by atoms with van der Waals surface area (Å²) in [5.41, 5.74) is 6.00. The van der Waals surface area contributed by atoms with Crippen LogP contribution < -0.4 is 11.3 Å². The van der Waals surface area contributed by atoms with Gasteiger partial charge in [0, 0.05) is 5.54 Å². The standard InChI is InChI=1S/C17H29N3/c1-4-8-14-9-7-10-15(13-14)16(19-18)17(20(2)3)11-5-6-12-17/h7,9-10,13,16,19H,4-6,8,11-12,18H2,1-3H3. The van der Waals surface area contributed by atoms with E-state index in [1.54, 1.807) is 0 Å². The number of nitrogens with zero attached hydrogens (tertiary/aromatic N) is 1. The minimum absolute atomic E-state index is 0.152. The first-order valence-corrected chi connectivity index (χ1v) is 7.86. The minimum Gasteiger partial charge on any atom is -0.302 e. The number of likely N-dealkylation sites (N-methyl/N-ethyl adjacent to an activating group) is 1. The molecule has 1 aliphatic carbocycles. The Bertz CT molecular complexity index is 422. The second-order valence-electron chi connectivity index (χ2n) is 6.30. The second kappa shape index (κ2) is 6.70. The lowest BCUT2D eigenvalue weighted by Crippen LogP contribution is -2.53. The molecule has 20 heavy (non-hydrogen) atoms. The lowest BCUT2D eigenvalue weighted by atomic mass is 9.82. The fourth-order valence-electron chi connectivity index (χ4n) is 3.76. The number of nitrogens with one attached hydrogen (secondary N) is 1. The van der Waals surface area contributed by atoms with Crippen LogP contribution in [0, 0.1) is 0 Å². The largest absolute Gasteiger partial charge is 0.302 e. The summed E-state index contributed by atoms with van der Waals surface area (Å²) in [5, 5.41) is 0. The van der Waals surface area contributed by atoms with E-state index in [-0.39, 0.29) is 11.6 Å². The molecular formula is C17H29N3. The summed E-state index contributed by atoms with van der Waals surface area (Å²) < 4.78 is 0. The molecule has 3 heteroatoms. The summed E-state index contributed by atoms with van der Waals surface area (Å²) in [5.74, 6) is 5.95. The van der Waals surface area contributed by atoms with Crippen LogP contribution in [-0.2, 0) is 6.42 Å². The van der Waals surface area contributed by atoms with E-state index in [0.29, 0.717) is 0 Å². The number of aryl methyl sites for hydroxylation is 1. The van der Waals surface area contributed by atoms with E-state index in [2.05, 4.69) is 55.6 Å². The minimum atomic E-state index is 0.152. The number of nitrogens with two attached hydrogens (primary N) is 1. The van der Waals surface area contributed by atoms with Crippen LogP contribution in [0.5, 0.6) is 0 Å². The van der Waals surface area contributed by atoms with Crippen LogP contribution in [0.1, 0.15) is 56.2 Å². The van der Waals surface area contributed by atoms with Crippen LogP contribution in [0.3, 0.4) is 0 Å². The zero-order chi connectivity index (χ0) is 14.6. The fraction of sp³-hybridized carbons (Fsp3) is 0.647. The average Bonchev–Trinajstić information content (AvgIpc) is 2.91. The average molecular weight is 275 g/mol. The maximum absolute atomic E-state index is 5.95. The summed E-state index contributed by atoms with van der Waals surface area (Å²) in [6, 6.07) is 9.14. The van der Waals surface area contributed by atoms with Crippen molar-refractivity contribution in [1.82, 2.24) is 10.3 Å². The van der Waals surface area contributed by atoms with E-state index in [1.165, 1.54) is 43.2 Å². The Balaban J connectivity index is 2.33. The van der Waals surface area contributed by atoms with Gasteiger partial charge in [0.25, 0.3) is 0 Å². The maximum atomic E-state index is 5.95. The summed E-state index contributed by atoms with van der Waals surface area (Å²) in [6.07, 6.45) is 7.35. The van der Waals surface area contributed by atoms with E-state index >= 15 is 0 Å². The zero-order valence-corrected chi connectivity index (χ0v) is 13.2. The van der Waals surface area contributed by atoms with Crippen LogP contribution in [0.25, 0.3) is 0 Å².